The highest BCUT2D eigenvalue weighted by Gasteiger charge is 2.15. The van der Waals surface area contributed by atoms with Gasteiger partial charge in [0.05, 0.1) is 4.90 Å². The first-order valence-corrected chi connectivity index (χ1v) is 8.91. The van der Waals surface area contributed by atoms with Crippen LogP contribution in [0, 0.1) is 6.92 Å². The first-order valence-electron chi connectivity index (χ1n) is 6.26. The van der Waals surface area contributed by atoms with E-state index < -0.39 is 9.84 Å². The van der Waals surface area contributed by atoms with E-state index in [1.54, 1.807) is 30.3 Å². The molecule has 21 heavy (non-hydrogen) atoms. The van der Waals surface area contributed by atoms with Gasteiger partial charge in [-0.2, -0.15) is 0 Å². The van der Waals surface area contributed by atoms with E-state index in [1.807, 2.05) is 13.0 Å². The van der Waals surface area contributed by atoms with Crippen molar-refractivity contribution in [2.24, 2.45) is 0 Å². The van der Waals surface area contributed by atoms with Gasteiger partial charge in [-0.25, -0.2) is 8.42 Å². The molecular formula is C15H15Cl2NO2S. The average molecular weight is 344 g/mol. The molecule has 0 spiro atoms. The zero-order valence-electron chi connectivity index (χ0n) is 11.7. The van der Waals surface area contributed by atoms with Crippen LogP contribution in [0.1, 0.15) is 11.1 Å². The van der Waals surface area contributed by atoms with E-state index in [9.17, 15) is 8.42 Å². The van der Waals surface area contributed by atoms with Crippen LogP contribution in [0.4, 0.5) is 5.69 Å². The van der Waals surface area contributed by atoms with Crippen LogP contribution < -0.4 is 5.32 Å². The number of rotatable bonds is 4. The molecule has 0 aliphatic heterocycles. The van der Waals surface area contributed by atoms with Crippen molar-refractivity contribution in [2.45, 2.75) is 18.4 Å². The van der Waals surface area contributed by atoms with Crippen LogP contribution >= 0.6 is 23.2 Å². The van der Waals surface area contributed by atoms with E-state index in [1.165, 1.54) is 6.26 Å². The third-order valence-electron chi connectivity index (χ3n) is 3.13. The van der Waals surface area contributed by atoms with E-state index in [0.29, 0.717) is 22.2 Å². The molecule has 112 valence electrons. The fraction of sp³-hybridized carbons (Fsp3) is 0.200. The van der Waals surface area contributed by atoms with Crippen molar-refractivity contribution >= 4 is 38.7 Å². The summed E-state index contributed by atoms with van der Waals surface area (Å²) in [6.07, 6.45) is 1.17. The molecule has 3 nitrogen and oxygen atoms in total. The molecule has 2 rings (SSSR count). The summed E-state index contributed by atoms with van der Waals surface area (Å²) in [6.45, 7) is 2.26. The molecule has 1 N–H and O–H groups in total. The first-order chi connectivity index (χ1) is 9.79. The van der Waals surface area contributed by atoms with Crippen molar-refractivity contribution < 1.29 is 8.42 Å². The van der Waals surface area contributed by atoms with E-state index in [2.05, 4.69) is 5.32 Å². The molecule has 0 amide bonds. The Hall–Kier alpha value is -1.23. The standard InChI is InChI=1S/C15H15Cl2NO2S/c1-10-6-7-11(16)8-14(10)18-9-12-13(17)4-3-5-15(12)21(2,19)20/h3-8,18H,9H2,1-2H3. The van der Waals surface area contributed by atoms with Gasteiger partial charge in [0.25, 0.3) is 0 Å². The molecule has 0 aliphatic rings. The van der Waals surface area contributed by atoms with Gasteiger partial charge < -0.3 is 5.32 Å². The quantitative estimate of drug-likeness (QED) is 0.899. The van der Waals surface area contributed by atoms with Crippen LogP contribution in [0.15, 0.2) is 41.3 Å². The highest BCUT2D eigenvalue weighted by atomic mass is 35.5. The minimum absolute atomic E-state index is 0.238. The molecule has 0 saturated heterocycles. The maximum absolute atomic E-state index is 11.8. The van der Waals surface area contributed by atoms with Crippen LogP contribution in [-0.2, 0) is 16.4 Å². The maximum atomic E-state index is 11.8. The van der Waals surface area contributed by atoms with Gasteiger partial charge in [0.15, 0.2) is 9.84 Å². The normalized spacial score (nSPS) is 11.4. The van der Waals surface area contributed by atoms with Gasteiger partial charge in [-0.1, -0.05) is 35.3 Å². The van der Waals surface area contributed by atoms with Crippen LogP contribution in [0.3, 0.4) is 0 Å². The molecule has 0 saturated carbocycles. The van der Waals surface area contributed by atoms with Gasteiger partial charge in [-0.15, -0.1) is 0 Å². The number of nitrogens with one attached hydrogen (secondary N) is 1. The fourth-order valence-electron chi connectivity index (χ4n) is 2.03. The second kappa shape index (κ2) is 6.26. The van der Waals surface area contributed by atoms with Gasteiger partial charge >= 0.3 is 0 Å². The molecule has 2 aromatic carbocycles. The fourth-order valence-corrected chi connectivity index (χ4v) is 3.45. The summed E-state index contributed by atoms with van der Waals surface area (Å²) in [5.41, 5.74) is 2.43. The van der Waals surface area contributed by atoms with E-state index in [0.717, 1.165) is 11.3 Å². The van der Waals surface area contributed by atoms with Crippen LogP contribution in [0.2, 0.25) is 10.0 Å². The van der Waals surface area contributed by atoms with Gasteiger partial charge in [0.1, 0.15) is 0 Å². The summed E-state index contributed by atoms with van der Waals surface area (Å²) in [6, 6.07) is 10.4. The van der Waals surface area contributed by atoms with Crippen LogP contribution in [0.25, 0.3) is 0 Å². The lowest BCUT2D eigenvalue weighted by molar-refractivity contribution is 0.601. The summed E-state index contributed by atoms with van der Waals surface area (Å²) in [7, 11) is -3.33. The Bertz CT molecular complexity index is 773. The zero-order valence-corrected chi connectivity index (χ0v) is 14.0. The third-order valence-corrected chi connectivity index (χ3v) is 4.90. The molecule has 0 bridgehead atoms. The molecule has 6 heteroatoms. The number of anilines is 1. The minimum Gasteiger partial charge on any atom is -0.381 e. The zero-order chi connectivity index (χ0) is 15.6. The molecule has 0 aliphatic carbocycles. The van der Waals surface area contributed by atoms with Crippen molar-refractivity contribution in [1.82, 2.24) is 0 Å². The summed E-state index contributed by atoms with van der Waals surface area (Å²) in [5, 5.41) is 4.23. The van der Waals surface area contributed by atoms with Gasteiger partial charge in [0.2, 0.25) is 0 Å². The van der Waals surface area contributed by atoms with Crippen molar-refractivity contribution in [2.75, 3.05) is 11.6 Å². The molecule has 0 heterocycles. The number of hydrogen-bond donors (Lipinski definition) is 1. The maximum Gasteiger partial charge on any atom is 0.175 e. The number of sulfone groups is 1. The third kappa shape index (κ3) is 3.90. The molecule has 0 radical (unpaired) electrons. The molecular weight excluding hydrogens is 329 g/mol. The van der Waals surface area contributed by atoms with Crippen molar-refractivity contribution in [3.63, 3.8) is 0 Å². The Morgan fingerprint density at radius 1 is 1.14 bits per heavy atom. The Kier molecular flexibility index (Phi) is 4.81. The predicted molar refractivity (Wildman–Crippen MR) is 88.1 cm³/mol. The SMILES string of the molecule is Cc1ccc(Cl)cc1NCc1c(Cl)cccc1S(C)(=O)=O. The second-order valence-corrected chi connectivity index (χ2v) is 7.63. The van der Waals surface area contributed by atoms with Crippen molar-refractivity contribution in [3.8, 4) is 0 Å². The number of halogens is 2. The monoisotopic (exact) mass is 343 g/mol. The smallest absolute Gasteiger partial charge is 0.175 e. The Balaban J connectivity index is 2.34. The number of benzene rings is 2. The molecule has 0 atom stereocenters. The van der Waals surface area contributed by atoms with Crippen molar-refractivity contribution in [3.05, 3.63) is 57.6 Å². The topological polar surface area (TPSA) is 46.2 Å². The highest BCUT2D eigenvalue weighted by Crippen LogP contribution is 2.26. The van der Waals surface area contributed by atoms with Gasteiger partial charge in [-0.3, -0.25) is 0 Å². The van der Waals surface area contributed by atoms with Crippen molar-refractivity contribution in [1.29, 1.82) is 0 Å². The predicted octanol–water partition coefficient (Wildman–Crippen LogP) is 4.32. The lowest BCUT2D eigenvalue weighted by Crippen LogP contribution is -2.08. The van der Waals surface area contributed by atoms with Gasteiger partial charge in [-0.05, 0) is 36.8 Å². The highest BCUT2D eigenvalue weighted by molar-refractivity contribution is 7.90. The van der Waals surface area contributed by atoms with E-state index in [-0.39, 0.29) is 4.90 Å². The minimum atomic E-state index is -3.33. The lowest BCUT2D eigenvalue weighted by Gasteiger charge is -2.14. The number of aryl methyl sites for hydroxylation is 1. The largest absolute Gasteiger partial charge is 0.381 e. The molecule has 2 aromatic rings. The number of hydrogen-bond acceptors (Lipinski definition) is 3. The second-order valence-electron chi connectivity index (χ2n) is 4.80. The summed E-state index contributed by atoms with van der Waals surface area (Å²) in [5.74, 6) is 0. The van der Waals surface area contributed by atoms with Gasteiger partial charge in [0, 0.05) is 34.1 Å². The Morgan fingerprint density at radius 2 is 1.86 bits per heavy atom. The van der Waals surface area contributed by atoms with E-state index in [4.69, 9.17) is 23.2 Å². The first kappa shape index (κ1) is 16.1. The molecule has 0 unspecified atom stereocenters. The van der Waals surface area contributed by atoms with Crippen LogP contribution in [-0.4, -0.2) is 14.7 Å². The summed E-state index contributed by atoms with van der Waals surface area (Å²) in [4.78, 5) is 0.238. The van der Waals surface area contributed by atoms with E-state index >= 15 is 0 Å². The molecule has 0 fully saturated rings. The van der Waals surface area contributed by atoms with Crippen LogP contribution in [0.5, 0.6) is 0 Å². The summed E-state index contributed by atoms with van der Waals surface area (Å²) >= 11 is 12.1. The lowest BCUT2D eigenvalue weighted by atomic mass is 10.1. The average Bonchev–Trinajstić information content (AvgIpc) is 2.39. The summed E-state index contributed by atoms with van der Waals surface area (Å²) < 4.78 is 23.7. The molecule has 0 aromatic heterocycles. The Labute approximate surface area is 134 Å². The Morgan fingerprint density at radius 3 is 2.52 bits per heavy atom.